The van der Waals surface area contributed by atoms with Crippen LogP contribution in [0.4, 0.5) is 0 Å². The summed E-state index contributed by atoms with van der Waals surface area (Å²) in [6.45, 7) is 1.84. The van der Waals surface area contributed by atoms with Gasteiger partial charge in [0.1, 0.15) is 0 Å². The van der Waals surface area contributed by atoms with E-state index in [1.165, 1.54) is 0 Å². The van der Waals surface area contributed by atoms with Gasteiger partial charge in [-0.25, -0.2) is 0 Å². The van der Waals surface area contributed by atoms with Gasteiger partial charge >= 0.3 is 0 Å². The molecule has 4 rings (SSSR count). The lowest BCUT2D eigenvalue weighted by Crippen LogP contribution is -2.48. The lowest BCUT2D eigenvalue weighted by Gasteiger charge is -2.41. The molecule has 5 heteroatoms. The minimum Gasteiger partial charge on any atom is -0.372 e. The van der Waals surface area contributed by atoms with E-state index in [0.29, 0.717) is 18.2 Å². The number of carbonyl (C=O) groups excluding carboxylic acids is 1. The molecule has 0 radical (unpaired) electrons. The molecule has 1 saturated heterocycles. The Morgan fingerprint density at radius 1 is 1.21 bits per heavy atom. The van der Waals surface area contributed by atoms with E-state index in [-0.39, 0.29) is 17.9 Å². The van der Waals surface area contributed by atoms with Gasteiger partial charge in [0.15, 0.2) is 0 Å². The van der Waals surface area contributed by atoms with Gasteiger partial charge in [-0.15, -0.1) is 0 Å². The first-order chi connectivity index (χ1) is 11.6. The summed E-state index contributed by atoms with van der Waals surface area (Å²) < 4.78 is 6.80. The quantitative estimate of drug-likeness (QED) is 0.734. The summed E-state index contributed by atoms with van der Waals surface area (Å²) in [7, 11) is 0. The molecule has 1 amide bonds. The van der Waals surface area contributed by atoms with E-state index < -0.39 is 0 Å². The normalized spacial score (nSPS) is 22.9. The highest BCUT2D eigenvalue weighted by molar-refractivity contribution is 9.10. The fraction of sp³-hybridized carbons (Fsp3) is 0.316. The van der Waals surface area contributed by atoms with E-state index in [1.807, 2.05) is 35.2 Å². The highest BCUT2D eigenvalue weighted by Crippen LogP contribution is 2.42. The number of likely N-dealkylation sites (tertiary alicyclic amines) is 1. The van der Waals surface area contributed by atoms with E-state index in [1.54, 1.807) is 0 Å². The van der Waals surface area contributed by atoms with E-state index >= 15 is 0 Å². The average Bonchev–Trinajstić information content (AvgIpc) is 2.61. The maximum absolute atomic E-state index is 13.1. The third-order valence-electron chi connectivity index (χ3n) is 4.86. The molecule has 3 nitrogen and oxygen atoms in total. The number of fused-ring (bicyclic) bond motifs is 3. The molecule has 124 valence electrons. The van der Waals surface area contributed by atoms with Crippen molar-refractivity contribution in [3.8, 4) is 0 Å². The lowest BCUT2D eigenvalue weighted by molar-refractivity contribution is -0.145. The second-order valence-electron chi connectivity index (χ2n) is 6.29. The Labute approximate surface area is 154 Å². The van der Waals surface area contributed by atoms with Crippen LogP contribution in [0.3, 0.4) is 0 Å². The van der Waals surface area contributed by atoms with Gasteiger partial charge in [0.25, 0.3) is 0 Å². The van der Waals surface area contributed by atoms with Crippen LogP contribution in [-0.2, 0) is 22.7 Å². The number of piperidine rings is 1. The zero-order valence-electron chi connectivity index (χ0n) is 13.0. The predicted octanol–water partition coefficient (Wildman–Crippen LogP) is 4.52. The summed E-state index contributed by atoms with van der Waals surface area (Å²) >= 11 is 9.86. The number of benzene rings is 2. The Balaban J connectivity index is 1.65. The molecule has 1 fully saturated rings. The van der Waals surface area contributed by atoms with Gasteiger partial charge in [0.05, 0.1) is 23.7 Å². The molecule has 2 aliphatic rings. The number of nitrogens with zero attached hydrogens (tertiary/aromatic N) is 1. The van der Waals surface area contributed by atoms with Gasteiger partial charge in [-0.2, -0.15) is 0 Å². The van der Waals surface area contributed by atoms with Crippen LogP contribution >= 0.6 is 27.5 Å². The van der Waals surface area contributed by atoms with Crippen molar-refractivity contribution < 1.29 is 9.53 Å². The number of amides is 1. The minimum absolute atomic E-state index is 0.0470. The second-order valence-corrected chi connectivity index (χ2v) is 7.52. The molecular formula is C19H17BrClNO2. The van der Waals surface area contributed by atoms with Crippen molar-refractivity contribution in [3.05, 3.63) is 68.7 Å². The van der Waals surface area contributed by atoms with Crippen molar-refractivity contribution in [1.82, 2.24) is 4.90 Å². The lowest BCUT2D eigenvalue weighted by atomic mass is 9.82. The van der Waals surface area contributed by atoms with E-state index in [0.717, 1.165) is 34.1 Å². The highest BCUT2D eigenvalue weighted by atomic mass is 79.9. The number of hydrogen-bond acceptors (Lipinski definition) is 2. The fourth-order valence-electron chi connectivity index (χ4n) is 3.63. The minimum atomic E-state index is -0.253. The number of rotatable bonds is 2. The Morgan fingerprint density at radius 3 is 2.79 bits per heavy atom. The van der Waals surface area contributed by atoms with Gasteiger partial charge < -0.3 is 9.64 Å². The summed E-state index contributed by atoms with van der Waals surface area (Å²) in [6.07, 6.45) is 0.811. The molecule has 0 unspecified atom stereocenters. The molecule has 0 spiro atoms. The molecule has 0 bridgehead atoms. The number of halogens is 2. The van der Waals surface area contributed by atoms with Gasteiger partial charge in [-0.3, -0.25) is 4.79 Å². The van der Waals surface area contributed by atoms with E-state index in [9.17, 15) is 4.79 Å². The largest absolute Gasteiger partial charge is 0.372 e. The maximum atomic E-state index is 13.1. The van der Waals surface area contributed by atoms with Gasteiger partial charge in [-0.1, -0.05) is 48.0 Å². The molecule has 0 N–H and O–H groups in total. The first-order valence-electron chi connectivity index (χ1n) is 8.06. The zero-order valence-corrected chi connectivity index (χ0v) is 15.4. The van der Waals surface area contributed by atoms with E-state index in [4.69, 9.17) is 16.3 Å². The third-order valence-corrected chi connectivity index (χ3v) is 6.18. The van der Waals surface area contributed by atoms with Crippen molar-refractivity contribution >= 4 is 33.4 Å². The summed E-state index contributed by atoms with van der Waals surface area (Å²) in [6, 6.07) is 14.0. The zero-order chi connectivity index (χ0) is 16.7. The number of carbonyl (C=O) groups is 1. The summed E-state index contributed by atoms with van der Waals surface area (Å²) in [5.74, 6) is -0.119. The smallest absolute Gasteiger partial charge is 0.233 e. The number of ether oxygens (including phenoxy) is 1. The molecule has 24 heavy (non-hydrogen) atoms. The fourth-order valence-corrected chi connectivity index (χ4v) is 4.22. The van der Waals surface area contributed by atoms with Gasteiger partial charge in [-0.05, 0) is 39.5 Å². The molecule has 0 aromatic heterocycles. The maximum Gasteiger partial charge on any atom is 0.233 e. The van der Waals surface area contributed by atoms with Crippen LogP contribution in [0.15, 0.2) is 46.9 Å². The van der Waals surface area contributed by atoms with Crippen molar-refractivity contribution in [2.45, 2.75) is 31.6 Å². The monoisotopic (exact) mass is 405 g/mol. The van der Waals surface area contributed by atoms with Crippen LogP contribution in [0.1, 0.15) is 29.0 Å². The average molecular weight is 407 g/mol. The molecule has 0 aliphatic carbocycles. The first-order valence-corrected chi connectivity index (χ1v) is 9.23. The van der Waals surface area contributed by atoms with Crippen LogP contribution in [0.25, 0.3) is 0 Å². The summed E-state index contributed by atoms with van der Waals surface area (Å²) in [5.41, 5.74) is 3.10. The SMILES string of the molecule is O=C1[C@H]2c3ccc(Br)c(Cl)c3CO[C@@H]2CCN1Cc1ccccc1. The van der Waals surface area contributed by atoms with Crippen LogP contribution in [0.2, 0.25) is 5.02 Å². The molecule has 0 saturated carbocycles. The van der Waals surface area contributed by atoms with Crippen molar-refractivity contribution in [3.63, 3.8) is 0 Å². The Bertz CT molecular complexity index is 780. The standard InChI is InChI=1S/C19H17BrClNO2/c20-15-7-6-13-14(18(15)21)11-24-16-8-9-22(19(23)17(13)16)10-12-4-2-1-3-5-12/h1-7,16-17H,8-11H2/t16-,17+/m1/s1. The molecule has 2 aliphatic heterocycles. The highest BCUT2D eigenvalue weighted by Gasteiger charge is 2.42. The molecular weight excluding hydrogens is 390 g/mol. The van der Waals surface area contributed by atoms with Crippen molar-refractivity contribution in [2.75, 3.05) is 6.54 Å². The van der Waals surface area contributed by atoms with E-state index in [2.05, 4.69) is 28.1 Å². The van der Waals surface area contributed by atoms with Crippen LogP contribution in [0, 0.1) is 0 Å². The van der Waals surface area contributed by atoms with Gasteiger partial charge in [0.2, 0.25) is 5.91 Å². The van der Waals surface area contributed by atoms with Gasteiger partial charge in [0, 0.05) is 23.1 Å². The van der Waals surface area contributed by atoms with Crippen LogP contribution in [-0.4, -0.2) is 23.5 Å². The van der Waals surface area contributed by atoms with Crippen molar-refractivity contribution in [1.29, 1.82) is 0 Å². The van der Waals surface area contributed by atoms with Crippen LogP contribution in [0.5, 0.6) is 0 Å². The Hall–Kier alpha value is -1.36. The molecule has 2 atom stereocenters. The van der Waals surface area contributed by atoms with Crippen LogP contribution < -0.4 is 0 Å². The first kappa shape index (κ1) is 16.1. The summed E-state index contributed by atoms with van der Waals surface area (Å²) in [5, 5.41) is 0.652. The molecule has 2 heterocycles. The van der Waals surface area contributed by atoms with Crippen molar-refractivity contribution in [2.24, 2.45) is 0 Å². The second kappa shape index (κ2) is 6.51. The molecule has 2 aromatic carbocycles. The predicted molar refractivity (Wildman–Crippen MR) is 96.9 cm³/mol. The Morgan fingerprint density at radius 2 is 2.00 bits per heavy atom. The third kappa shape index (κ3) is 2.77. The summed E-state index contributed by atoms with van der Waals surface area (Å²) in [4.78, 5) is 15.0. The number of hydrogen-bond donors (Lipinski definition) is 0. The Kier molecular flexibility index (Phi) is 4.37. The topological polar surface area (TPSA) is 29.5 Å². The molecule has 2 aromatic rings.